The molecule has 2 aromatic heterocycles. The van der Waals surface area contributed by atoms with Gasteiger partial charge in [-0.2, -0.15) is 8.42 Å². The van der Waals surface area contributed by atoms with Crippen molar-refractivity contribution >= 4 is 65.8 Å². The van der Waals surface area contributed by atoms with E-state index in [1.165, 1.54) is 6.07 Å². The molecule has 9 rings (SSSR count). The molecular weight excluding hydrogens is 576 g/mol. The van der Waals surface area contributed by atoms with Crippen molar-refractivity contribution < 1.29 is 27.6 Å². The van der Waals surface area contributed by atoms with Gasteiger partial charge in [-0.3, -0.25) is 4.55 Å². The second-order valence-corrected chi connectivity index (χ2v) is 12.2. The molecule has 5 aromatic carbocycles. The fourth-order valence-electron chi connectivity index (χ4n) is 6.26. The lowest BCUT2D eigenvalue weighted by Gasteiger charge is -2.07. The number of hydrogen-bond acceptors (Lipinski definition) is 10. The Morgan fingerprint density at radius 1 is 0.619 bits per heavy atom. The zero-order valence-electron chi connectivity index (χ0n) is 21.1. The van der Waals surface area contributed by atoms with Gasteiger partial charge in [-0.1, -0.05) is 53.6 Å². The summed E-state index contributed by atoms with van der Waals surface area (Å²) in [5.41, 5.74) is 8.76. The molecule has 0 saturated heterocycles. The van der Waals surface area contributed by atoms with Crippen LogP contribution in [0, 0.1) is 0 Å². The maximum absolute atomic E-state index is 12.1. The standard InChI is InChI=1S/C30H14N4O6S2/c35-39-40-41-23-9-7-17-25-13(23)3-1-5-15(25)27-29(17)33-21-12-20-22(11-19(21)31-27)34-30-18-8-10-24(42(36,37)38)14-4-2-6-16(26(14)18)28(30)32-20/h1-12,35H,(H,36,37,38). The van der Waals surface area contributed by atoms with E-state index in [-0.39, 0.29) is 4.90 Å². The molecular formula is C30H14N4O6S2. The van der Waals surface area contributed by atoms with E-state index in [1.54, 1.807) is 18.2 Å². The molecule has 202 valence electrons. The number of hydrogen-bond donors (Lipinski definition) is 2. The van der Waals surface area contributed by atoms with Gasteiger partial charge in [0.15, 0.2) is 0 Å². The van der Waals surface area contributed by atoms with Gasteiger partial charge < -0.3 is 0 Å². The minimum atomic E-state index is -4.41. The van der Waals surface area contributed by atoms with Crippen LogP contribution in [0.5, 0.6) is 0 Å². The predicted octanol–water partition coefficient (Wildman–Crippen LogP) is 6.85. The highest BCUT2D eigenvalue weighted by molar-refractivity contribution is 7.94. The summed E-state index contributed by atoms with van der Waals surface area (Å²) in [6, 6.07) is 21.8. The molecule has 2 aliphatic carbocycles. The van der Waals surface area contributed by atoms with E-state index < -0.39 is 10.1 Å². The quantitative estimate of drug-likeness (QED) is 0.0730. The molecule has 7 aromatic rings. The van der Waals surface area contributed by atoms with Crippen LogP contribution in [-0.4, -0.2) is 38.2 Å². The lowest BCUT2D eigenvalue weighted by molar-refractivity contribution is -0.432. The Morgan fingerprint density at radius 2 is 1.10 bits per heavy atom. The molecule has 0 spiro atoms. The van der Waals surface area contributed by atoms with Gasteiger partial charge in [0, 0.05) is 43.3 Å². The highest BCUT2D eigenvalue weighted by Crippen LogP contribution is 2.49. The van der Waals surface area contributed by atoms with Crippen LogP contribution in [0.15, 0.2) is 82.6 Å². The second-order valence-electron chi connectivity index (χ2n) is 10.1. The molecule has 2 N–H and O–H groups in total. The minimum Gasteiger partial charge on any atom is -0.282 e. The SMILES string of the molecule is O=S(=O)(O)c1ccc2c3c(cccc13)-c1nc3cc4nc5c(nc4cc3nc1-2)-c1cccc2c(SOOO)ccc-5c12. The first-order chi connectivity index (χ1) is 20.4. The van der Waals surface area contributed by atoms with E-state index in [4.69, 9.17) is 29.5 Å². The zero-order chi connectivity index (χ0) is 28.3. The van der Waals surface area contributed by atoms with Crippen molar-refractivity contribution in [1.29, 1.82) is 0 Å². The first-order valence-corrected chi connectivity index (χ1v) is 14.9. The summed E-state index contributed by atoms with van der Waals surface area (Å²) >= 11 is 0.912. The molecule has 42 heavy (non-hydrogen) atoms. The van der Waals surface area contributed by atoms with Crippen molar-refractivity contribution in [1.82, 2.24) is 19.9 Å². The van der Waals surface area contributed by atoms with Crippen molar-refractivity contribution in [2.75, 3.05) is 0 Å². The van der Waals surface area contributed by atoms with Crippen LogP contribution in [0.2, 0.25) is 0 Å². The van der Waals surface area contributed by atoms with Gasteiger partial charge in [0.1, 0.15) is 4.90 Å². The predicted molar refractivity (Wildman–Crippen MR) is 157 cm³/mol. The summed E-state index contributed by atoms with van der Waals surface area (Å²) in [6.45, 7) is 0. The van der Waals surface area contributed by atoms with E-state index in [0.29, 0.717) is 44.2 Å². The van der Waals surface area contributed by atoms with E-state index in [2.05, 4.69) is 5.04 Å². The fourth-order valence-corrected chi connectivity index (χ4v) is 7.43. The molecule has 0 amide bonds. The van der Waals surface area contributed by atoms with Gasteiger partial charge in [0.05, 0.1) is 56.9 Å². The average Bonchev–Trinajstić information content (AvgIpc) is 3.47. The lowest BCUT2D eigenvalue weighted by atomic mass is 10.0. The molecule has 0 saturated carbocycles. The smallest absolute Gasteiger partial charge is 0.282 e. The Labute approximate surface area is 240 Å². The summed E-state index contributed by atoms with van der Waals surface area (Å²) in [7, 11) is -4.41. The Balaban J connectivity index is 1.26. The summed E-state index contributed by atoms with van der Waals surface area (Å²) in [4.78, 5) is 20.6. The van der Waals surface area contributed by atoms with Gasteiger partial charge in [-0.05, 0) is 29.7 Å². The third-order valence-electron chi connectivity index (χ3n) is 7.90. The van der Waals surface area contributed by atoms with Gasteiger partial charge in [-0.25, -0.2) is 25.2 Å². The fraction of sp³-hybridized carbons (Fsp3) is 0. The number of benzene rings is 5. The van der Waals surface area contributed by atoms with E-state index in [9.17, 15) is 13.0 Å². The van der Waals surface area contributed by atoms with Gasteiger partial charge in [-0.15, -0.1) is 4.33 Å². The van der Waals surface area contributed by atoms with Gasteiger partial charge >= 0.3 is 0 Å². The highest BCUT2D eigenvalue weighted by atomic mass is 32.2. The Kier molecular flexibility index (Phi) is 4.73. The van der Waals surface area contributed by atoms with Gasteiger partial charge in [0.2, 0.25) is 0 Å². The number of fused-ring (bicyclic) bond motifs is 8. The minimum absolute atomic E-state index is 0.149. The van der Waals surface area contributed by atoms with E-state index in [1.807, 2.05) is 48.5 Å². The van der Waals surface area contributed by atoms with Crippen LogP contribution in [0.25, 0.3) is 88.6 Å². The van der Waals surface area contributed by atoms with Crippen LogP contribution in [0.3, 0.4) is 0 Å². The molecule has 2 aliphatic rings. The maximum atomic E-state index is 12.1. The molecule has 0 fully saturated rings. The van der Waals surface area contributed by atoms with Crippen molar-refractivity contribution in [3.8, 4) is 45.0 Å². The number of nitrogens with zero attached hydrogens (tertiary/aromatic N) is 4. The lowest BCUT2D eigenvalue weighted by Crippen LogP contribution is -1.99. The van der Waals surface area contributed by atoms with Crippen molar-refractivity contribution in [2.45, 2.75) is 9.79 Å². The van der Waals surface area contributed by atoms with E-state index >= 15 is 0 Å². The molecule has 0 unspecified atom stereocenters. The molecule has 0 atom stereocenters. The van der Waals surface area contributed by atoms with Crippen LogP contribution >= 0.6 is 12.0 Å². The molecule has 0 aliphatic heterocycles. The first-order valence-electron chi connectivity index (χ1n) is 12.7. The Morgan fingerprint density at radius 3 is 1.62 bits per heavy atom. The molecule has 12 heteroatoms. The van der Waals surface area contributed by atoms with Crippen LogP contribution < -0.4 is 0 Å². The molecule has 2 heterocycles. The summed E-state index contributed by atoms with van der Waals surface area (Å²) < 4.78 is 38.6. The number of aromatic nitrogens is 4. The molecule has 10 nitrogen and oxygen atoms in total. The normalized spacial score (nSPS) is 13.0. The molecule has 0 radical (unpaired) electrons. The maximum Gasteiger partial charge on any atom is 0.295 e. The second kappa shape index (κ2) is 8.26. The van der Waals surface area contributed by atoms with Crippen LogP contribution in [-0.2, 0) is 19.5 Å². The third-order valence-corrected chi connectivity index (χ3v) is 9.48. The monoisotopic (exact) mass is 590 g/mol. The summed E-state index contributed by atoms with van der Waals surface area (Å²) in [5.74, 6) is 0. The van der Waals surface area contributed by atoms with Crippen molar-refractivity contribution in [2.24, 2.45) is 0 Å². The Bertz CT molecular complexity index is 2420. The summed E-state index contributed by atoms with van der Waals surface area (Å²) in [6.07, 6.45) is 0. The largest absolute Gasteiger partial charge is 0.295 e. The van der Waals surface area contributed by atoms with Crippen molar-refractivity contribution in [3.05, 3.63) is 72.8 Å². The number of rotatable bonds is 4. The highest BCUT2D eigenvalue weighted by Gasteiger charge is 2.29. The average molecular weight is 591 g/mol. The third kappa shape index (κ3) is 3.15. The Hall–Kier alpha value is -4.56. The van der Waals surface area contributed by atoms with Crippen LogP contribution in [0.4, 0.5) is 0 Å². The molecule has 0 bridgehead atoms. The van der Waals surface area contributed by atoms with E-state index in [0.717, 1.165) is 61.4 Å². The van der Waals surface area contributed by atoms with Crippen LogP contribution in [0.1, 0.15) is 0 Å². The van der Waals surface area contributed by atoms with Crippen molar-refractivity contribution in [3.63, 3.8) is 0 Å². The van der Waals surface area contributed by atoms with Gasteiger partial charge in [0.25, 0.3) is 10.1 Å². The first kappa shape index (κ1) is 24.1. The summed E-state index contributed by atoms with van der Waals surface area (Å²) in [5, 5.41) is 15.4. The topological polar surface area (TPSA) is 145 Å². The zero-order valence-corrected chi connectivity index (χ0v) is 22.7.